The van der Waals surface area contributed by atoms with Crippen molar-refractivity contribution in [2.45, 2.75) is 32.2 Å². The van der Waals surface area contributed by atoms with Crippen molar-refractivity contribution < 1.29 is 4.74 Å². The van der Waals surface area contributed by atoms with Gasteiger partial charge >= 0.3 is 0 Å². The van der Waals surface area contributed by atoms with Crippen LogP contribution in [0.25, 0.3) is 0 Å². The van der Waals surface area contributed by atoms with Gasteiger partial charge in [0.2, 0.25) is 0 Å². The maximum absolute atomic E-state index is 5.86. The van der Waals surface area contributed by atoms with Crippen LogP contribution >= 0.6 is 0 Å². The van der Waals surface area contributed by atoms with Crippen LogP contribution in [0.5, 0.6) is 0 Å². The Morgan fingerprint density at radius 3 is 2.50 bits per heavy atom. The molecule has 0 aromatic rings. The third-order valence-electron chi connectivity index (χ3n) is 3.31. The molecular formula is C11H24N2O. The summed E-state index contributed by atoms with van der Waals surface area (Å²) in [5.74, 6) is 1.39. The van der Waals surface area contributed by atoms with E-state index >= 15 is 0 Å². The molecule has 1 atom stereocenters. The fourth-order valence-electron chi connectivity index (χ4n) is 1.72. The highest BCUT2D eigenvalue weighted by Crippen LogP contribution is 2.29. The van der Waals surface area contributed by atoms with Crippen molar-refractivity contribution in [3.8, 4) is 0 Å². The summed E-state index contributed by atoms with van der Waals surface area (Å²) in [6, 6.07) is 0. The zero-order valence-corrected chi connectivity index (χ0v) is 9.68. The van der Waals surface area contributed by atoms with Gasteiger partial charge in [-0.3, -0.25) is 0 Å². The third-order valence-corrected chi connectivity index (χ3v) is 3.31. The quantitative estimate of drug-likeness (QED) is 0.644. The highest BCUT2D eigenvalue weighted by atomic mass is 16.5. The summed E-state index contributed by atoms with van der Waals surface area (Å²) in [6.07, 6.45) is 2.75. The van der Waals surface area contributed by atoms with E-state index in [1.165, 1.54) is 12.8 Å². The van der Waals surface area contributed by atoms with Crippen LogP contribution in [0.15, 0.2) is 0 Å². The molecule has 84 valence electrons. The van der Waals surface area contributed by atoms with Gasteiger partial charge in [0.15, 0.2) is 0 Å². The molecule has 3 N–H and O–H groups in total. The molecule has 0 aromatic carbocycles. The van der Waals surface area contributed by atoms with Gasteiger partial charge in [-0.25, -0.2) is 0 Å². The molecule has 3 heteroatoms. The summed E-state index contributed by atoms with van der Waals surface area (Å²) < 4.78 is 5.27. The zero-order valence-electron chi connectivity index (χ0n) is 9.68. The molecule has 1 fully saturated rings. The van der Waals surface area contributed by atoms with Gasteiger partial charge in [-0.15, -0.1) is 0 Å². The molecule has 1 unspecified atom stereocenters. The topological polar surface area (TPSA) is 47.3 Å². The first-order valence-corrected chi connectivity index (χ1v) is 5.58. The van der Waals surface area contributed by atoms with Gasteiger partial charge in [0, 0.05) is 13.7 Å². The second-order valence-corrected chi connectivity index (χ2v) is 4.77. The average Bonchev–Trinajstić information content (AvgIpc) is 2.95. The lowest BCUT2D eigenvalue weighted by atomic mass is 9.87. The van der Waals surface area contributed by atoms with E-state index in [0.717, 1.165) is 12.5 Å². The van der Waals surface area contributed by atoms with Gasteiger partial charge in [-0.1, -0.05) is 13.8 Å². The fraction of sp³-hybridized carbons (Fsp3) is 1.00. The number of nitrogens with one attached hydrogen (secondary N) is 1. The monoisotopic (exact) mass is 200 g/mol. The Labute approximate surface area is 87.4 Å². The first kappa shape index (κ1) is 12.0. The fourth-order valence-corrected chi connectivity index (χ4v) is 1.72. The first-order valence-electron chi connectivity index (χ1n) is 5.58. The van der Waals surface area contributed by atoms with Crippen LogP contribution in [0.3, 0.4) is 0 Å². The van der Waals surface area contributed by atoms with E-state index < -0.39 is 0 Å². The van der Waals surface area contributed by atoms with E-state index in [1.54, 1.807) is 7.11 Å². The normalized spacial score (nSPS) is 21.2. The van der Waals surface area contributed by atoms with Crippen molar-refractivity contribution in [3.05, 3.63) is 0 Å². The maximum Gasteiger partial charge on any atom is 0.0659 e. The number of methoxy groups -OCH3 is 1. The van der Waals surface area contributed by atoms with Crippen LogP contribution in [-0.2, 0) is 4.74 Å². The minimum Gasteiger partial charge on any atom is -0.383 e. The SMILES string of the molecule is COCC(CN)(NCC1CC1)C(C)C. The van der Waals surface area contributed by atoms with Crippen LogP contribution in [0.4, 0.5) is 0 Å². The molecule has 0 aliphatic heterocycles. The minimum atomic E-state index is -0.0304. The molecule has 0 spiro atoms. The van der Waals surface area contributed by atoms with Crippen molar-refractivity contribution in [1.29, 1.82) is 0 Å². The van der Waals surface area contributed by atoms with Gasteiger partial charge in [0.25, 0.3) is 0 Å². The van der Waals surface area contributed by atoms with Gasteiger partial charge in [-0.05, 0) is 31.2 Å². The summed E-state index contributed by atoms with van der Waals surface area (Å²) in [5.41, 5.74) is 5.83. The lowest BCUT2D eigenvalue weighted by Gasteiger charge is -2.37. The summed E-state index contributed by atoms with van der Waals surface area (Å²) in [4.78, 5) is 0. The summed E-state index contributed by atoms with van der Waals surface area (Å²) in [6.45, 7) is 6.84. The smallest absolute Gasteiger partial charge is 0.0659 e. The van der Waals surface area contributed by atoms with Gasteiger partial charge in [0.1, 0.15) is 0 Å². The molecule has 0 radical (unpaired) electrons. The average molecular weight is 200 g/mol. The summed E-state index contributed by atoms with van der Waals surface area (Å²) in [5, 5.41) is 3.60. The van der Waals surface area contributed by atoms with Gasteiger partial charge in [-0.2, -0.15) is 0 Å². The van der Waals surface area contributed by atoms with E-state index in [2.05, 4.69) is 19.2 Å². The molecule has 0 heterocycles. The van der Waals surface area contributed by atoms with E-state index in [9.17, 15) is 0 Å². The Balaban J connectivity index is 2.46. The Morgan fingerprint density at radius 1 is 1.50 bits per heavy atom. The lowest BCUT2D eigenvalue weighted by Crippen LogP contribution is -2.58. The number of rotatable bonds is 7. The zero-order chi connectivity index (χ0) is 10.6. The van der Waals surface area contributed by atoms with Crippen LogP contribution in [0.1, 0.15) is 26.7 Å². The van der Waals surface area contributed by atoms with Crippen molar-refractivity contribution in [3.63, 3.8) is 0 Å². The minimum absolute atomic E-state index is 0.0304. The lowest BCUT2D eigenvalue weighted by molar-refractivity contribution is 0.0824. The van der Waals surface area contributed by atoms with E-state index in [1.807, 2.05) is 0 Å². The van der Waals surface area contributed by atoms with E-state index in [4.69, 9.17) is 10.5 Å². The molecule has 1 saturated carbocycles. The van der Waals surface area contributed by atoms with Gasteiger partial charge < -0.3 is 15.8 Å². The molecule has 14 heavy (non-hydrogen) atoms. The molecule has 3 nitrogen and oxygen atoms in total. The Bertz CT molecular complexity index is 169. The highest BCUT2D eigenvalue weighted by molar-refractivity contribution is 4.93. The van der Waals surface area contributed by atoms with Crippen LogP contribution < -0.4 is 11.1 Å². The van der Waals surface area contributed by atoms with Crippen LogP contribution in [0.2, 0.25) is 0 Å². The van der Waals surface area contributed by atoms with Crippen molar-refractivity contribution in [2.75, 3.05) is 26.8 Å². The number of ether oxygens (including phenoxy) is 1. The van der Waals surface area contributed by atoms with Crippen LogP contribution in [0, 0.1) is 11.8 Å². The molecule has 1 rings (SSSR count). The first-order chi connectivity index (χ1) is 6.64. The molecular weight excluding hydrogens is 176 g/mol. The Hall–Kier alpha value is -0.120. The number of hydrogen-bond acceptors (Lipinski definition) is 3. The Morgan fingerprint density at radius 2 is 2.14 bits per heavy atom. The highest BCUT2D eigenvalue weighted by Gasteiger charge is 2.34. The summed E-state index contributed by atoms with van der Waals surface area (Å²) in [7, 11) is 1.74. The third kappa shape index (κ3) is 2.94. The predicted molar refractivity (Wildman–Crippen MR) is 59.2 cm³/mol. The van der Waals surface area contributed by atoms with E-state index in [-0.39, 0.29) is 5.54 Å². The largest absolute Gasteiger partial charge is 0.383 e. The second kappa shape index (κ2) is 5.10. The van der Waals surface area contributed by atoms with Crippen molar-refractivity contribution >= 4 is 0 Å². The predicted octanol–water partition coefficient (Wildman–Crippen LogP) is 0.986. The molecule has 0 bridgehead atoms. The number of hydrogen-bond donors (Lipinski definition) is 2. The molecule has 0 saturated heterocycles. The van der Waals surface area contributed by atoms with E-state index in [0.29, 0.717) is 19.1 Å². The van der Waals surface area contributed by atoms with Crippen molar-refractivity contribution in [1.82, 2.24) is 5.32 Å². The van der Waals surface area contributed by atoms with Gasteiger partial charge in [0.05, 0.1) is 12.1 Å². The Kier molecular flexibility index (Phi) is 4.35. The van der Waals surface area contributed by atoms with Crippen molar-refractivity contribution in [2.24, 2.45) is 17.6 Å². The number of nitrogens with two attached hydrogens (primary N) is 1. The molecule has 1 aliphatic carbocycles. The summed E-state index contributed by atoms with van der Waals surface area (Å²) >= 11 is 0. The maximum atomic E-state index is 5.86. The molecule has 0 aromatic heterocycles. The molecule has 1 aliphatic rings. The molecule has 0 amide bonds. The standard InChI is InChI=1S/C11H24N2O/c1-9(2)11(7-12,8-14-3)13-6-10-4-5-10/h9-10,13H,4-8,12H2,1-3H3. The second-order valence-electron chi connectivity index (χ2n) is 4.77. The van der Waals surface area contributed by atoms with Crippen LogP contribution in [-0.4, -0.2) is 32.3 Å².